The van der Waals surface area contributed by atoms with Crippen molar-refractivity contribution in [1.82, 2.24) is 20.2 Å². The number of carbonyl (C=O) groups excluding carboxylic acids is 2. The van der Waals surface area contributed by atoms with Gasteiger partial charge in [-0.2, -0.15) is 0 Å². The molecule has 8 heteroatoms. The molecule has 0 aliphatic rings. The van der Waals surface area contributed by atoms with Gasteiger partial charge in [0.25, 0.3) is 11.5 Å². The van der Waals surface area contributed by atoms with Crippen molar-refractivity contribution in [3.8, 4) is 11.5 Å². The van der Waals surface area contributed by atoms with Gasteiger partial charge in [-0.15, -0.1) is 0 Å². The fraction of sp³-hybridized carbons (Fsp3) is 0.120. The summed E-state index contributed by atoms with van der Waals surface area (Å²) in [5.41, 5.74) is 0.709. The maximum atomic E-state index is 12.5. The number of fused-ring (bicyclic) bond motifs is 1. The first-order valence-electron chi connectivity index (χ1n) is 10.3. The predicted octanol–water partition coefficient (Wildman–Crippen LogP) is 3.10. The maximum Gasteiger partial charge on any atom is 0.258 e. The quantitative estimate of drug-likeness (QED) is 0.458. The lowest BCUT2D eigenvalue weighted by atomic mass is 10.2. The van der Waals surface area contributed by atoms with Crippen molar-refractivity contribution < 1.29 is 14.3 Å². The lowest BCUT2D eigenvalue weighted by molar-refractivity contribution is -0.129. The average molecular weight is 442 g/mol. The van der Waals surface area contributed by atoms with Gasteiger partial charge in [-0.25, -0.2) is 4.98 Å². The van der Waals surface area contributed by atoms with Crippen LogP contribution in [0.15, 0.2) is 83.7 Å². The molecule has 2 N–H and O–H groups in total. The Hall–Kier alpha value is -4.46. The molecule has 33 heavy (non-hydrogen) atoms. The summed E-state index contributed by atoms with van der Waals surface area (Å²) in [6.07, 6.45) is 0. The molecule has 0 aliphatic heterocycles. The highest BCUT2D eigenvalue weighted by atomic mass is 16.5. The summed E-state index contributed by atoms with van der Waals surface area (Å²) in [5.74, 6) is 0.981. The number of likely N-dealkylation sites (N-methyl/N-ethyl adjacent to an activating group) is 1. The molecule has 4 rings (SSSR count). The zero-order chi connectivity index (χ0) is 23.2. The molecule has 0 spiro atoms. The van der Waals surface area contributed by atoms with Crippen molar-refractivity contribution >= 4 is 22.7 Å². The molecule has 0 saturated heterocycles. The molecule has 0 aliphatic carbocycles. The molecular formula is C25H22N4O4. The van der Waals surface area contributed by atoms with E-state index in [9.17, 15) is 14.4 Å². The van der Waals surface area contributed by atoms with Gasteiger partial charge >= 0.3 is 0 Å². The summed E-state index contributed by atoms with van der Waals surface area (Å²) in [6, 6.07) is 23.0. The van der Waals surface area contributed by atoms with Gasteiger partial charge in [-0.1, -0.05) is 30.3 Å². The first kappa shape index (κ1) is 21.8. The molecule has 1 heterocycles. The van der Waals surface area contributed by atoms with Crippen molar-refractivity contribution in [2.75, 3.05) is 13.6 Å². The molecule has 0 saturated carbocycles. The third-order valence-electron chi connectivity index (χ3n) is 4.97. The number of para-hydroxylation sites is 2. The lowest BCUT2D eigenvalue weighted by Crippen LogP contribution is -2.38. The van der Waals surface area contributed by atoms with Crippen LogP contribution in [0.25, 0.3) is 10.9 Å². The van der Waals surface area contributed by atoms with E-state index < -0.39 is 0 Å². The number of benzene rings is 3. The summed E-state index contributed by atoms with van der Waals surface area (Å²) in [5, 5.41) is 3.10. The lowest BCUT2D eigenvalue weighted by Gasteiger charge is -2.17. The maximum absolute atomic E-state index is 12.5. The Balaban J connectivity index is 1.31. The second kappa shape index (κ2) is 9.78. The van der Waals surface area contributed by atoms with Crippen LogP contribution in [0.2, 0.25) is 0 Å². The van der Waals surface area contributed by atoms with E-state index in [2.05, 4.69) is 15.3 Å². The highest BCUT2D eigenvalue weighted by Crippen LogP contribution is 2.21. The number of aromatic nitrogens is 2. The van der Waals surface area contributed by atoms with Gasteiger partial charge in [0.1, 0.15) is 17.3 Å². The van der Waals surface area contributed by atoms with E-state index in [-0.39, 0.29) is 30.5 Å². The largest absolute Gasteiger partial charge is 0.457 e. The van der Waals surface area contributed by atoms with Crippen LogP contribution in [0.5, 0.6) is 11.5 Å². The van der Waals surface area contributed by atoms with Crippen LogP contribution in [-0.4, -0.2) is 40.3 Å². The topological polar surface area (TPSA) is 104 Å². The fourth-order valence-electron chi connectivity index (χ4n) is 3.21. The van der Waals surface area contributed by atoms with Crippen LogP contribution in [0.1, 0.15) is 16.2 Å². The van der Waals surface area contributed by atoms with Crippen molar-refractivity contribution in [3.63, 3.8) is 0 Å². The first-order valence-corrected chi connectivity index (χ1v) is 10.3. The zero-order valence-electron chi connectivity index (χ0n) is 17.9. The van der Waals surface area contributed by atoms with Crippen LogP contribution >= 0.6 is 0 Å². The van der Waals surface area contributed by atoms with Crippen molar-refractivity contribution in [3.05, 3.63) is 101 Å². The number of hydrogen-bond donors (Lipinski definition) is 2. The Labute approximate surface area is 189 Å². The Morgan fingerprint density at radius 1 is 0.939 bits per heavy atom. The van der Waals surface area contributed by atoms with Gasteiger partial charge in [0.2, 0.25) is 5.91 Å². The smallest absolute Gasteiger partial charge is 0.258 e. The third-order valence-corrected chi connectivity index (χ3v) is 4.97. The molecule has 8 nitrogen and oxygen atoms in total. The minimum absolute atomic E-state index is 0.111. The normalized spacial score (nSPS) is 10.6. The predicted molar refractivity (Wildman–Crippen MR) is 124 cm³/mol. The van der Waals surface area contributed by atoms with Crippen LogP contribution in [0.4, 0.5) is 0 Å². The van der Waals surface area contributed by atoms with Gasteiger partial charge in [-0.3, -0.25) is 14.4 Å². The van der Waals surface area contributed by atoms with Gasteiger partial charge < -0.3 is 19.9 Å². The van der Waals surface area contributed by atoms with Crippen LogP contribution in [-0.2, 0) is 11.3 Å². The average Bonchev–Trinajstić information content (AvgIpc) is 2.83. The highest BCUT2D eigenvalue weighted by molar-refractivity contribution is 5.96. The summed E-state index contributed by atoms with van der Waals surface area (Å²) >= 11 is 0. The molecule has 1 aromatic heterocycles. The first-order chi connectivity index (χ1) is 16.0. The van der Waals surface area contributed by atoms with E-state index in [4.69, 9.17) is 4.74 Å². The SMILES string of the molecule is CN(Cc1nc2ccccc2c(=O)[nH]1)C(=O)CNC(=O)c1ccc(Oc2ccccc2)cc1. The van der Waals surface area contributed by atoms with Gasteiger partial charge in [-0.05, 0) is 48.5 Å². The number of aromatic amines is 1. The number of nitrogens with one attached hydrogen (secondary N) is 2. The van der Waals surface area contributed by atoms with Crippen LogP contribution in [0.3, 0.4) is 0 Å². The molecule has 0 atom stereocenters. The molecule has 4 aromatic rings. The van der Waals surface area contributed by atoms with E-state index in [1.54, 1.807) is 55.6 Å². The number of amides is 2. The Bertz CT molecular complexity index is 1330. The number of ether oxygens (including phenoxy) is 1. The minimum Gasteiger partial charge on any atom is -0.457 e. The van der Waals surface area contributed by atoms with Crippen LogP contribution in [0, 0.1) is 0 Å². The Kier molecular flexibility index (Phi) is 6.45. The summed E-state index contributed by atoms with van der Waals surface area (Å²) in [6.45, 7) is -0.0737. The Morgan fingerprint density at radius 2 is 1.61 bits per heavy atom. The van der Waals surface area contributed by atoms with E-state index in [1.807, 2.05) is 30.3 Å². The number of nitrogens with zero attached hydrogens (tertiary/aromatic N) is 2. The molecule has 0 fully saturated rings. The summed E-state index contributed by atoms with van der Waals surface area (Å²) < 4.78 is 5.71. The molecule has 0 unspecified atom stereocenters. The molecule has 0 radical (unpaired) electrons. The van der Waals surface area contributed by atoms with Crippen molar-refractivity contribution in [2.45, 2.75) is 6.54 Å². The van der Waals surface area contributed by atoms with E-state index in [0.717, 1.165) is 0 Å². The fourth-order valence-corrected chi connectivity index (χ4v) is 3.21. The monoisotopic (exact) mass is 442 g/mol. The molecule has 3 aromatic carbocycles. The number of rotatable bonds is 7. The minimum atomic E-state index is -0.375. The third kappa shape index (κ3) is 5.43. The van der Waals surface area contributed by atoms with Gasteiger partial charge in [0, 0.05) is 12.6 Å². The van der Waals surface area contributed by atoms with Gasteiger partial charge in [0.15, 0.2) is 0 Å². The van der Waals surface area contributed by atoms with Crippen molar-refractivity contribution in [1.29, 1.82) is 0 Å². The summed E-state index contributed by atoms with van der Waals surface area (Å²) in [7, 11) is 1.58. The standard InChI is InChI=1S/C25H22N4O4/c1-29(16-22-27-21-10-6-5-9-20(21)25(32)28-22)23(30)15-26-24(31)17-11-13-19(14-12-17)33-18-7-3-2-4-8-18/h2-14H,15-16H2,1H3,(H,26,31)(H,27,28,32). The Morgan fingerprint density at radius 3 is 2.36 bits per heavy atom. The molecule has 0 bridgehead atoms. The number of H-pyrrole nitrogens is 1. The van der Waals surface area contributed by atoms with E-state index >= 15 is 0 Å². The van der Waals surface area contributed by atoms with Crippen molar-refractivity contribution in [2.24, 2.45) is 0 Å². The van der Waals surface area contributed by atoms with Gasteiger partial charge in [0.05, 0.1) is 24.0 Å². The van der Waals surface area contributed by atoms with Crippen LogP contribution < -0.4 is 15.6 Å². The number of carbonyl (C=O) groups is 2. The zero-order valence-corrected chi connectivity index (χ0v) is 17.9. The molecular weight excluding hydrogens is 420 g/mol. The number of hydrogen-bond acceptors (Lipinski definition) is 5. The summed E-state index contributed by atoms with van der Waals surface area (Å²) in [4.78, 5) is 45.5. The molecule has 2 amide bonds. The van der Waals surface area contributed by atoms with E-state index in [1.165, 1.54) is 4.90 Å². The highest BCUT2D eigenvalue weighted by Gasteiger charge is 2.14. The second-order valence-electron chi connectivity index (χ2n) is 7.40. The molecule has 166 valence electrons. The second-order valence-corrected chi connectivity index (χ2v) is 7.40. The van der Waals surface area contributed by atoms with E-state index in [0.29, 0.717) is 33.8 Å².